The van der Waals surface area contributed by atoms with Gasteiger partial charge < -0.3 is 4.98 Å². The zero-order valence-corrected chi connectivity index (χ0v) is 16.7. The van der Waals surface area contributed by atoms with Gasteiger partial charge in [0.25, 0.3) is 5.91 Å². The molecule has 0 bridgehead atoms. The Labute approximate surface area is 163 Å². The normalized spacial score (nSPS) is 20.5. The molecule has 0 aromatic carbocycles. The minimum Gasteiger partial charge on any atom is -0.354 e. The number of amides is 1. The van der Waals surface area contributed by atoms with Gasteiger partial charge in [0.15, 0.2) is 10.9 Å². The van der Waals surface area contributed by atoms with Crippen molar-refractivity contribution in [2.75, 3.05) is 18.4 Å². The molecule has 27 heavy (non-hydrogen) atoms. The Bertz CT molecular complexity index is 869. The van der Waals surface area contributed by atoms with Crippen LogP contribution in [0.1, 0.15) is 70.4 Å². The topological polar surface area (TPSA) is 78.1 Å². The van der Waals surface area contributed by atoms with Crippen LogP contribution in [0.3, 0.4) is 0 Å². The molecule has 1 atom stereocenters. The Hall–Kier alpha value is -1.99. The van der Waals surface area contributed by atoms with Crippen molar-refractivity contribution in [2.24, 2.45) is 5.92 Å². The van der Waals surface area contributed by atoms with Crippen LogP contribution < -0.4 is 5.32 Å². The third-order valence-electron chi connectivity index (χ3n) is 5.56. The van der Waals surface area contributed by atoms with E-state index in [-0.39, 0.29) is 11.7 Å². The number of Topliss-reactive ketones (excluding diaryl/α,β-unsaturated/α-hetero) is 1. The molecule has 1 amide bonds. The lowest BCUT2D eigenvalue weighted by atomic mass is 9.94. The van der Waals surface area contributed by atoms with Crippen molar-refractivity contribution in [3.63, 3.8) is 0 Å². The Morgan fingerprint density at radius 2 is 2.26 bits per heavy atom. The van der Waals surface area contributed by atoms with E-state index in [4.69, 9.17) is 0 Å². The molecular weight excluding hydrogens is 360 g/mol. The molecule has 0 radical (unpaired) electrons. The van der Waals surface area contributed by atoms with Crippen LogP contribution >= 0.6 is 11.3 Å². The molecular formula is C20H26N4O2S. The number of hydrogen-bond acceptors (Lipinski definition) is 5. The van der Waals surface area contributed by atoms with Crippen molar-refractivity contribution >= 4 is 28.2 Å². The first-order chi connectivity index (χ1) is 13.0. The number of anilines is 1. The predicted molar refractivity (Wildman–Crippen MR) is 107 cm³/mol. The number of ketones is 1. The van der Waals surface area contributed by atoms with E-state index in [0.29, 0.717) is 22.8 Å². The van der Waals surface area contributed by atoms with Gasteiger partial charge >= 0.3 is 0 Å². The smallest absolute Gasteiger partial charge is 0.274 e. The zero-order chi connectivity index (χ0) is 19.0. The standard InChI is InChI=1S/C20H26N4O2S/c1-12-5-4-8-24(9-12)10-14-11-27-20(21-14)23-19(26)18-13(2)17-15(22-18)6-3-7-16(17)25/h11-12,22H,3-10H2,1-2H3,(H,21,23,26). The summed E-state index contributed by atoms with van der Waals surface area (Å²) in [6, 6.07) is 0. The molecule has 144 valence electrons. The minimum atomic E-state index is -0.220. The van der Waals surface area contributed by atoms with Crippen molar-refractivity contribution < 1.29 is 9.59 Å². The highest BCUT2D eigenvalue weighted by molar-refractivity contribution is 7.13. The van der Waals surface area contributed by atoms with Gasteiger partial charge in [-0.1, -0.05) is 6.92 Å². The summed E-state index contributed by atoms with van der Waals surface area (Å²) >= 11 is 1.45. The highest BCUT2D eigenvalue weighted by atomic mass is 32.1. The van der Waals surface area contributed by atoms with Gasteiger partial charge in [-0.25, -0.2) is 4.98 Å². The van der Waals surface area contributed by atoms with Gasteiger partial charge in [-0.3, -0.25) is 19.8 Å². The minimum absolute atomic E-state index is 0.136. The van der Waals surface area contributed by atoms with E-state index in [0.717, 1.165) is 55.3 Å². The highest BCUT2D eigenvalue weighted by Crippen LogP contribution is 2.27. The molecule has 1 saturated heterocycles. The van der Waals surface area contributed by atoms with Crippen molar-refractivity contribution in [3.8, 4) is 0 Å². The van der Waals surface area contributed by atoms with E-state index >= 15 is 0 Å². The van der Waals surface area contributed by atoms with Gasteiger partial charge in [0.1, 0.15) is 5.69 Å². The largest absolute Gasteiger partial charge is 0.354 e. The number of aromatic nitrogens is 2. The number of fused-ring (bicyclic) bond motifs is 1. The number of nitrogens with one attached hydrogen (secondary N) is 2. The summed E-state index contributed by atoms with van der Waals surface area (Å²) in [5.41, 5.74) is 3.85. The highest BCUT2D eigenvalue weighted by Gasteiger charge is 2.26. The summed E-state index contributed by atoms with van der Waals surface area (Å²) in [6.45, 7) is 7.20. The maximum atomic E-state index is 12.7. The Balaban J connectivity index is 1.43. The molecule has 1 fully saturated rings. The number of piperidine rings is 1. The molecule has 2 aromatic heterocycles. The number of aromatic amines is 1. The van der Waals surface area contributed by atoms with Gasteiger partial charge in [-0.15, -0.1) is 11.3 Å². The molecule has 2 aromatic rings. The Kier molecular flexibility index (Phi) is 5.14. The third-order valence-corrected chi connectivity index (χ3v) is 6.37. The fourth-order valence-electron chi connectivity index (χ4n) is 4.26. The van der Waals surface area contributed by atoms with Gasteiger partial charge in [0.2, 0.25) is 0 Å². The average molecular weight is 387 g/mol. The SMILES string of the molecule is Cc1c(C(=O)Nc2nc(CN3CCCC(C)C3)cs2)[nH]c2c1C(=O)CCC2. The fraction of sp³-hybridized carbons (Fsp3) is 0.550. The second-order valence-electron chi connectivity index (χ2n) is 7.84. The van der Waals surface area contributed by atoms with E-state index in [1.807, 2.05) is 12.3 Å². The van der Waals surface area contributed by atoms with Gasteiger partial charge in [0, 0.05) is 36.1 Å². The lowest BCUT2D eigenvalue weighted by molar-refractivity contribution is 0.0971. The van der Waals surface area contributed by atoms with Crippen LogP contribution in [-0.2, 0) is 13.0 Å². The van der Waals surface area contributed by atoms with Crippen molar-refractivity contribution in [1.82, 2.24) is 14.9 Å². The first-order valence-electron chi connectivity index (χ1n) is 9.74. The van der Waals surface area contributed by atoms with Gasteiger partial charge in [0.05, 0.1) is 5.69 Å². The zero-order valence-electron chi connectivity index (χ0n) is 15.9. The molecule has 2 N–H and O–H groups in total. The molecule has 4 rings (SSSR count). The van der Waals surface area contributed by atoms with Crippen molar-refractivity contribution in [2.45, 2.75) is 52.5 Å². The number of H-pyrrole nitrogens is 1. The van der Waals surface area contributed by atoms with Gasteiger partial charge in [-0.05, 0) is 50.6 Å². The number of hydrogen-bond donors (Lipinski definition) is 2. The number of rotatable bonds is 4. The van der Waals surface area contributed by atoms with Gasteiger partial charge in [-0.2, -0.15) is 0 Å². The summed E-state index contributed by atoms with van der Waals surface area (Å²) < 4.78 is 0. The number of carbonyl (C=O) groups excluding carboxylic acids is 2. The predicted octanol–water partition coefficient (Wildman–Crippen LogP) is 3.78. The van der Waals surface area contributed by atoms with E-state index < -0.39 is 0 Å². The average Bonchev–Trinajstić information content (AvgIpc) is 3.20. The van der Waals surface area contributed by atoms with Crippen LogP contribution in [0.15, 0.2) is 5.38 Å². The number of likely N-dealkylation sites (tertiary alicyclic amines) is 1. The molecule has 1 unspecified atom stereocenters. The van der Waals surface area contributed by atoms with E-state index in [2.05, 4.69) is 27.1 Å². The van der Waals surface area contributed by atoms with Crippen LogP contribution in [0.4, 0.5) is 5.13 Å². The van der Waals surface area contributed by atoms with E-state index in [1.54, 1.807) is 0 Å². The Morgan fingerprint density at radius 3 is 3.04 bits per heavy atom. The van der Waals surface area contributed by atoms with Crippen LogP contribution in [0.5, 0.6) is 0 Å². The summed E-state index contributed by atoms with van der Waals surface area (Å²) in [4.78, 5) is 35.0. The number of thiazole rings is 1. The quantitative estimate of drug-likeness (QED) is 0.838. The van der Waals surface area contributed by atoms with Crippen molar-refractivity contribution in [1.29, 1.82) is 0 Å². The molecule has 6 nitrogen and oxygen atoms in total. The molecule has 1 aliphatic heterocycles. The summed E-state index contributed by atoms with van der Waals surface area (Å²) in [5, 5.41) is 5.53. The lowest BCUT2D eigenvalue weighted by Gasteiger charge is -2.30. The van der Waals surface area contributed by atoms with E-state index in [1.165, 1.54) is 24.2 Å². The number of nitrogens with zero attached hydrogens (tertiary/aromatic N) is 2. The summed E-state index contributed by atoms with van der Waals surface area (Å²) in [7, 11) is 0. The maximum absolute atomic E-state index is 12.7. The first-order valence-corrected chi connectivity index (χ1v) is 10.6. The third kappa shape index (κ3) is 3.84. The lowest BCUT2D eigenvalue weighted by Crippen LogP contribution is -2.33. The molecule has 0 saturated carbocycles. The molecule has 3 heterocycles. The molecule has 7 heteroatoms. The second-order valence-corrected chi connectivity index (χ2v) is 8.69. The monoisotopic (exact) mass is 386 g/mol. The van der Waals surface area contributed by atoms with Crippen LogP contribution in [0.2, 0.25) is 0 Å². The molecule has 0 spiro atoms. The maximum Gasteiger partial charge on any atom is 0.274 e. The second kappa shape index (κ2) is 7.56. The summed E-state index contributed by atoms with van der Waals surface area (Å²) in [5.74, 6) is 0.652. The fourth-order valence-corrected chi connectivity index (χ4v) is 4.95. The summed E-state index contributed by atoms with van der Waals surface area (Å²) in [6.07, 6.45) is 4.78. The number of carbonyl (C=O) groups is 2. The first kappa shape index (κ1) is 18.4. The van der Waals surface area contributed by atoms with Crippen LogP contribution in [-0.4, -0.2) is 39.6 Å². The van der Waals surface area contributed by atoms with E-state index in [9.17, 15) is 9.59 Å². The van der Waals surface area contributed by atoms with Crippen LogP contribution in [0.25, 0.3) is 0 Å². The van der Waals surface area contributed by atoms with Crippen molar-refractivity contribution in [3.05, 3.63) is 33.6 Å². The molecule has 1 aliphatic carbocycles. The number of aryl methyl sites for hydroxylation is 1. The van der Waals surface area contributed by atoms with Crippen LogP contribution in [0, 0.1) is 12.8 Å². The Morgan fingerprint density at radius 1 is 1.41 bits per heavy atom. The molecule has 2 aliphatic rings.